The maximum atomic E-state index is 12.2. The molecule has 1 spiro atoms. The number of nitrogens with zero attached hydrogens (tertiary/aromatic N) is 4. The van der Waals surface area contributed by atoms with E-state index in [1.807, 2.05) is 18.5 Å². The number of fused-ring (bicyclic) bond motifs is 3. The SMILES string of the molecule is Cn1c2ccncc2c2ccc(N3CC4(CC(OCCF)C4)C3)nc21. The first-order valence-corrected chi connectivity index (χ1v) is 8.81. The molecule has 0 radical (unpaired) electrons. The number of ether oxygens (including phenoxy) is 1. The molecule has 0 unspecified atom stereocenters. The Bertz CT molecular complexity index is 939. The van der Waals surface area contributed by atoms with E-state index in [2.05, 4.69) is 33.6 Å². The van der Waals surface area contributed by atoms with Crippen molar-refractivity contribution in [2.75, 3.05) is 31.3 Å². The lowest BCUT2D eigenvalue weighted by Crippen LogP contribution is -2.64. The molecule has 130 valence electrons. The van der Waals surface area contributed by atoms with Crippen LogP contribution in [0.3, 0.4) is 0 Å². The highest BCUT2D eigenvalue weighted by molar-refractivity contribution is 6.06. The number of aromatic nitrogens is 3. The number of aryl methyl sites for hydroxylation is 1. The fraction of sp³-hybridized carbons (Fsp3) is 0.474. The lowest BCUT2D eigenvalue weighted by Gasteiger charge is -2.59. The second kappa shape index (κ2) is 5.39. The Morgan fingerprint density at radius 1 is 1.24 bits per heavy atom. The van der Waals surface area contributed by atoms with Crippen molar-refractivity contribution >= 4 is 27.8 Å². The lowest BCUT2D eigenvalue weighted by atomic mass is 9.62. The minimum absolute atomic E-state index is 0.235. The summed E-state index contributed by atoms with van der Waals surface area (Å²) in [6.45, 7) is 1.89. The van der Waals surface area contributed by atoms with Crippen LogP contribution >= 0.6 is 0 Å². The molecule has 1 aliphatic heterocycles. The summed E-state index contributed by atoms with van der Waals surface area (Å²) < 4.78 is 19.8. The molecule has 2 fully saturated rings. The van der Waals surface area contributed by atoms with E-state index in [4.69, 9.17) is 9.72 Å². The van der Waals surface area contributed by atoms with Crippen molar-refractivity contribution in [3.8, 4) is 0 Å². The molecule has 0 amide bonds. The third-order valence-electron chi connectivity index (χ3n) is 5.76. The third kappa shape index (κ3) is 2.24. The van der Waals surface area contributed by atoms with Crippen LogP contribution < -0.4 is 4.90 Å². The highest BCUT2D eigenvalue weighted by Crippen LogP contribution is 2.50. The van der Waals surface area contributed by atoms with Gasteiger partial charge in [0.25, 0.3) is 0 Å². The molecule has 0 N–H and O–H groups in total. The van der Waals surface area contributed by atoms with Crippen LogP contribution in [0.1, 0.15) is 12.8 Å². The van der Waals surface area contributed by atoms with Crippen LogP contribution in [-0.2, 0) is 11.8 Å². The van der Waals surface area contributed by atoms with E-state index < -0.39 is 0 Å². The summed E-state index contributed by atoms with van der Waals surface area (Å²) in [5, 5.41) is 2.29. The monoisotopic (exact) mass is 340 g/mol. The topological polar surface area (TPSA) is 43.2 Å². The number of hydrogen-bond acceptors (Lipinski definition) is 4. The van der Waals surface area contributed by atoms with Gasteiger partial charge in [0.2, 0.25) is 0 Å². The lowest BCUT2D eigenvalue weighted by molar-refractivity contribution is -0.0950. The van der Waals surface area contributed by atoms with Crippen LogP contribution in [-0.4, -0.2) is 47.0 Å². The van der Waals surface area contributed by atoms with E-state index in [9.17, 15) is 4.39 Å². The van der Waals surface area contributed by atoms with E-state index in [0.717, 1.165) is 53.7 Å². The molecule has 6 heteroatoms. The Balaban J connectivity index is 1.35. The van der Waals surface area contributed by atoms with Crippen molar-refractivity contribution in [2.45, 2.75) is 18.9 Å². The predicted octanol–water partition coefficient (Wildman–Crippen LogP) is 3.08. The van der Waals surface area contributed by atoms with Crippen LogP contribution in [0.5, 0.6) is 0 Å². The van der Waals surface area contributed by atoms with Gasteiger partial charge in [0.1, 0.15) is 18.1 Å². The van der Waals surface area contributed by atoms with Crippen LogP contribution in [0, 0.1) is 5.41 Å². The molecule has 3 aromatic rings. The van der Waals surface area contributed by atoms with E-state index in [1.54, 1.807) is 0 Å². The smallest absolute Gasteiger partial charge is 0.143 e. The minimum Gasteiger partial charge on any atom is -0.375 e. The van der Waals surface area contributed by atoms with Crippen LogP contribution in [0.2, 0.25) is 0 Å². The van der Waals surface area contributed by atoms with Crippen LogP contribution in [0.4, 0.5) is 10.2 Å². The van der Waals surface area contributed by atoms with Gasteiger partial charge in [-0.3, -0.25) is 4.98 Å². The van der Waals surface area contributed by atoms with E-state index in [0.29, 0.717) is 5.41 Å². The van der Waals surface area contributed by atoms with Gasteiger partial charge in [0, 0.05) is 48.7 Å². The zero-order valence-electron chi connectivity index (χ0n) is 14.3. The Kier molecular flexibility index (Phi) is 3.25. The van der Waals surface area contributed by atoms with Gasteiger partial charge < -0.3 is 14.2 Å². The van der Waals surface area contributed by atoms with Crippen molar-refractivity contribution < 1.29 is 9.13 Å². The fourth-order valence-electron chi connectivity index (χ4n) is 4.50. The molecule has 2 aliphatic rings. The van der Waals surface area contributed by atoms with Gasteiger partial charge in [0.15, 0.2) is 0 Å². The highest BCUT2D eigenvalue weighted by atomic mass is 19.1. The molecule has 0 aromatic carbocycles. The number of halogens is 1. The molecule has 1 saturated carbocycles. The van der Waals surface area contributed by atoms with Crippen molar-refractivity contribution in [2.24, 2.45) is 12.5 Å². The summed E-state index contributed by atoms with van der Waals surface area (Å²) in [5.74, 6) is 1.03. The number of hydrogen-bond donors (Lipinski definition) is 0. The van der Waals surface area contributed by atoms with E-state index in [-0.39, 0.29) is 19.4 Å². The molecule has 0 atom stereocenters. The molecular formula is C19H21FN4O. The zero-order chi connectivity index (χ0) is 17.0. The molecular weight excluding hydrogens is 319 g/mol. The van der Waals surface area contributed by atoms with Gasteiger partial charge in [-0.25, -0.2) is 9.37 Å². The summed E-state index contributed by atoms with van der Waals surface area (Å²) >= 11 is 0. The molecule has 1 aliphatic carbocycles. The first kappa shape index (κ1) is 15.1. The predicted molar refractivity (Wildman–Crippen MR) is 95.6 cm³/mol. The first-order chi connectivity index (χ1) is 12.2. The number of rotatable bonds is 4. The average Bonchev–Trinajstić information content (AvgIpc) is 2.85. The van der Waals surface area contributed by atoms with Gasteiger partial charge in [-0.2, -0.15) is 0 Å². The summed E-state index contributed by atoms with van der Waals surface area (Å²) in [7, 11) is 2.05. The van der Waals surface area contributed by atoms with Crippen molar-refractivity contribution in [3.63, 3.8) is 0 Å². The molecule has 1 saturated heterocycles. The summed E-state index contributed by atoms with van der Waals surface area (Å²) in [5.41, 5.74) is 2.52. The molecule has 4 heterocycles. The van der Waals surface area contributed by atoms with E-state index >= 15 is 0 Å². The maximum absolute atomic E-state index is 12.2. The zero-order valence-corrected chi connectivity index (χ0v) is 14.3. The summed E-state index contributed by atoms with van der Waals surface area (Å²) in [6, 6.07) is 6.29. The van der Waals surface area contributed by atoms with Gasteiger partial charge in [0.05, 0.1) is 18.2 Å². The Hall–Kier alpha value is -2.21. The van der Waals surface area contributed by atoms with Crippen molar-refractivity contribution in [1.82, 2.24) is 14.5 Å². The highest BCUT2D eigenvalue weighted by Gasteiger charge is 2.53. The van der Waals surface area contributed by atoms with Crippen molar-refractivity contribution in [1.29, 1.82) is 0 Å². The summed E-state index contributed by atoms with van der Waals surface area (Å²) in [6.07, 6.45) is 6.07. The molecule has 0 bridgehead atoms. The maximum Gasteiger partial charge on any atom is 0.143 e. The fourth-order valence-corrected chi connectivity index (χ4v) is 4.50. The van der Waals surface area contributed by atoms with Gasteiger partial charge in [-0.05, 0) is 31.0 Å². The number of anilines is 1. The normalized spacial score (nSPS) is 19.5. The Labute approximate surface area is 145 Å². The first-order valence-electron chi connectivity index (χ1n) is 8.81. The van der Waals surface area contributed by atoms with Gasteiger partial charge in [-0.1, -0.05) is 0 Å². The van der Waals surface area contributed by atoms with Crippen LogP contribution in [0.15, 0.2) is 30.6 Å². The number of alkyl halides is 1. The molecule has 3 aromatic heterocycles. The standard InChI is InChI=1S/C19H21FN4O/c1-23-16-4-6-21-10-15(16)14-2-3-17(22-18(14)23)24-11-19(12-24)8-13(9-19)25-7-5-20/h2-4,6,10,13H,5,7-9,11-12H2,1H3. The van der Waals surface area contributed by atoms with Crippen LogP contribution in [0.25, 0.3) is 21.9 Å². The second-order valence-electron chi connectivity index (χ2n) is 7.44. The minimum atomic E-state index is -0.389. The van der Waals surface area contributed by atoms with Crippen molar-refractivity contribution in [3.05, 3.63) is 30.6 Å². The average molecular weight is 340 g/mol. The van der Waals surface area contributed by atoms with E-state index in [1.165, 1.54) is 0 Å². The third-order valence-corrected chi connectivity index (χ3v) is 5.76. The molecule has 25 heavy (non-hydrogen) atoms. The van der Waals surface area contributed by atoms with Gasteiger partial charge in [-0.15, -0.1) is 0 Å². The van der Waals surface area contributed by atoms with Gasteiger partial charge >= 0.3 is 0 Å². The second-order valence-corrected chi connectivity index (χ2v) is 7.44. The largest absolute Gasteiger partial charge is 0.375 e. The number of pyridine rings is 2. The molecule has 5 nitrogen and oxygen atoms in total. The molecule has 5 rings (SSSR count). The summed E-state index contributed by atoms with van der Waals surface area (Å²) in [4.78, 5) is 11.5. The quantitative estimate of drug-likeness (QED) is 0.732. The Morgan fingerprint density at radius 2 is 2.08 bits per heavy atom. The Morgan fingerprint density at radius 3 is 2.88 bits per heavy atom.